The topological polar surface area (TPSA) is 100 Å². The molecule has 1 heterocycles. The molecule has 0 fully saturated rings. The molecule has 0 aromatic carbocycles. The van der Waals surface area contributed by atoms with Crippen molar-refractivity contribution >= 4 is 18.0 Å². The van der Waals surface area contributed by atoms with Crippen molar-refractivity contribution < 1.29 is 33.3 Å². The molecule has 136 valence electrons. The largest absolute Gasteiger partial charge is 0.464 e. The molecule has 0 aromatic rings. The summed E-state index contributed by atoms with van der Waals surface area (Å²) in [6.07, 6.45) is -0.863. The number of ether oxygens (including phenoxy) is 4. The van der Waals surface area contributed by atoms with E-state index in [4.69, 9.17) is 18.9 Å². The maximum absolute atomic E-state index is 12.3. The van der Waals surface area contributed by atoms with Crippen molar-refractivity contribution in [3.05, 3.63) is 11.3 Å². The first kappa shape index (κ1) is 19.8. The summed E-state index contributed by atoms with van der Waals surface area (Å²) in [5, 5.41) is 2.34. The zero-order chi connectivity index (χ0) is 18.7. The predicted octanol–water partition coefficient (Wildman–Crippen LogP) is 2.03. The van der Waals surface area contributed by atoms with E-state index in [-0.39, 0.29) is 17.9 Å². The zero-order valence-electron chi connectivity index (χ0n) is 15.1. The molecule has 1 amide bonds. The zero-order valence-corrected chi connectivity index (χ0v) is 15.1. The highest BCUT2D eigenvalue weighted by molar-refractivity contribution is 6.00. The second kappa shape index (κ2) is 7.11. The number of hydrogen-bond acceptors (Lipinski definition) is 7. The van der Waals surface area contributed by atoms with Crippen LogP contribution in [0.5, 0.6) is 0 Å². The van der Waals surface area contributed by atoms with Crippen LogP contribution < -0.4 is 5.32 Å². The third-order valence-electron chi connectivity index (χ3n) is 2.81. The first-order valence-electron chi connectivity index (χ1n) is 7.65. The van der Waals surface area contributed by atoms with Crippen molar-refractivity contribution in [2.75, 3.05) is 6.61 Å². The van der Waals surface area contributed by atoms with Gasteiger partial charge in [0, 0.05) is 13.8 Å². The van der Waals surface area contributed by atoms with Crippen LogP contribution in [0.4, 0.5) is 4.79 Å². The summed E-state index contributed by atoms with van der Waals surface area (Å²) in [5.74, 6) is -2.56. The SMILES string of the molecule is CCOC(=O)[C@@H](NC(=O)OC(C)(C)C)C1=C(C)OC(C)(C)OC1=O. The molecule has 0 saturated heterocycles. The van der Waals surface area contributed by atoms with Crippen LogP contribution in [-0.2, 0) is 28.5 Å². The normalized spacial score (nSPS) is 18.2. The molecule has 8 nitrogen and oxygen atoms in total. The minimum absolute atomic E-state index is 0.0824. The highest BCUT2D eigenvalue weighted by atomic mass is 16.7. The van der Waals surface area contributed by atoms with Gasteiger partial charge >= 0.3 is 18.0 Å². The number of rotatable bonds is 4. The van der Waals surface area contributed by atoms with Gasteiger partial charge in [0.1, 0.15) is 16.9 Å². The second-order valence-corrected chi connectivity index (χ2v) is 6.69. The van der Waals surface area contributed by atoms with E-state index in [1.54, 1.807) is 41.5 Å². The number of alkyl carbamates (subject to hydrolysis) is 1. The van der Waals surface area contributed by atoms with Crippen molar-refractivity contribution in [2.24, 2.45) is 0 Å². The second-order valence-electron chi connectivity index (χ2n) is 6.69. The highest BCUT2D eigenvalue weighted by Gasteiger charge is 2.42. The van der Waals surface area contributed by atoms with Crippen molar-refractivity contribution in [3.8, 4) is 0 Å². The summed E-state index contributed by atoms with van der Waals surface area (Å²) < 4.78 is 20.7. The number of cyclic esters (lactones) is 1. The third-order valence-corrected chi connectivity index (χ3v) is 2.81. The van der Waals surface area contributed by atoms with Crippen molar-refractivity contribution in [2.45, 2.75) is 65.9 Å². The number of nitrogens with one attached hydrogen (secondary N) is 1. The van der Waals surface area contributed by atoms with E-state index >= 15 is 0 Å². The van der Waals surface area contributed by atoms with Gasteiger partial charge in [-0.25, -0.2) is 14.4 Å². The van der Waals surface area contributed by atoms with Crippen LogP contribution in [0.15, 0.2) is 11.3 Å². The van der Waals surface area contributed by atoms with Gasteiger partial charge < -0.3 is 24.3 Å². The Kier molecular flexibility index (Phi) is 5.86. The number of carbonyl (C=O) groups excluding carboxylic acids is 3. The molecule has 24 heavy (non-hydrogen) atoms. The average molecular weight is 343 g/mol. The molecule has 0 aromatic heterocycles. The van der Waals surface area contributed by atoms with Crippen molar-refractivity contribution in [1.29, 1.82) is 0 Å². The van der Waals surface area contributed by atoms with E-state index in [0.717, 1.165) is 0 Å². The number of esters is 2. The lowest BCUT2D eigenvalue weighted by atomic mass is 10.0. The van der Waals surface area contributed by atoms with Gasteiger partial charge in [0.2, 0.25) is 5.79 Å². The molecule has 8 heteroatoms. The average Bonchev–Trinajstić information content (AvgIpc) is 2.33. The Morgan fingerprint density at radius 2 is 1.83 bits per heavy atom. The number of amides is 1. The van der Waals surface area contributed by atoms with Crippen LogP contribution in [0.3, 0.4) is 0 Å². The predicted molar refractivity (Wildman–Crippen MR) is 83.7 cm³/mol. The lowest BCUT2D eigenvalue weighted by Gasteiger charge is -2.34. The van der Waals surface area contributed by atoms with Gasteiger partial charge in [-0.05, 0) is 34.6 Å². The molecule has 0 aliphatic carbocycles. The molecule has 0 saturated carbocycles. The molecule has 0 radical (unpaired) electrons. The van der Waals surface area contributed by atoms with Gasteiger partial charge in [-0.1, -0.05) is 0 Å². The lowest BCUT2D eigenvalue weighted by Crippen LogP contribution is -2.50. The Morgan fingerprint density at radius 1 is 1.25 bits per heavy atom. The van der Waals surface area contributed by atoms with Crippen LogP contribution in [-0.4, -0.2) is 42.1 Å². The Hall–Kier alpha value is -2.25. The minimum Gasteiger partial charge on any atom is -0.464 e. The van der Waals surface area contributed by atoms with Gasteiger partial charge in [0.05, 0.1) is 6.61 Å². The fraction of sp³-hybridized carbons (Fsp3) is 0.688. The molecule has 1 aliphatic rings. The maximum atomic E-state index is 12.3. The number of carbonyl (C=O) groups is 3. The smallest absolute Gasteiger partial charge is 0.408 e. The minimum atomic E-state index is -1.39. The number of allylic oxidation sites excluding steroid dienone is 1. The first-order valence-corrected chi connectivity index (χ1v) is 7.65. The molecular weight excluding hydrogens is 318 g/mol. The van der Waals surface area contributed by atoms with E-state index in [1.807, 2.05) is 0 Å². The summed E-state index contributed by atoms with van der Waals surface area (Å²) in [6.45, 7) is 11.4. The van der Waals surface area contributed by atoms with E-state index in [2.05, 4.69) is 5.32 Å². The van der Waals surface area contributed by atoms with Crippen LogP contribution in [0.2, 0.25) is 0 Å². The van der Waals surface area contributed by atoms with Crippen LogP contribution in [0.25, 0.3) is 0 Å². The number of hydrogen-bond donors (Lipinski definition) is 1. The molecule has 0 bridgehead atoms. The highest BCUT2D eigenvalue weighted by Crippen LogP contribution is 2.28. The van der Waals surface area contributed by atoms with Gasteiger partial charge in [0.25, 0.3) is 0 Å². The van der Waals surface area contributed by atoms with Gasteiger partial charge in [-0.3, -0.25) is 0 Å². The standard InChI is InChI=1S/C16H25NO7/c1-8-21-13(19)11(17-14(20)24-15(3,4)5)10-9(2)22-16(6,7)23-12(10)18/h11H,8H2,1-7H3,(H,17,20)/t11-/m0/s1. The Bertz CT molecular complexity index is 557. The fourth-order valence-corrected chi connectivity index (χ4v) is 2.09. The lowest BCUT2D eigenvalue weighted by molar-refractivity contribution is -0.208. The van der Waals surface area contributed by atoms with Gasteiger partial charge in [-0.15, -0.1) is 0 Å². The van der Waals surface area contributed by atoms with Gasteiger partial charge in [-0.2, -0.15) is 0 Å². The molecule has 1 rings (SSSR count). The van der Waals surface area contributed by atoms with E-state index in [9.17, 15) is 14.4 Å². The van der Waals surface area contributed by atoms with Crippen LogP contribution in [0, 0.1) is 0 Å². The summed E-state index contributed by atoms with van der Waals surface area (Å²) in [5.41, 5.74) is -0.892. The Labute approximate surface area is 141 Å². The van der Waals surface area contributed by atoms with Crippen molar-refractivity contribution in [1.82, 2.24) is 5.32 Å². The Balaban J connectivity index is 3.12. The van der Waals surface area contributed by atoms with Crippen LogP contribution >= 0.6 is 0 Å². The molecule has 1 N–H and O–H groups in total. The molecule has 0 unspecified atom stereocenters. The summed E-state index contributed by atoms with van der Waals surface area (Å²) >= 11 is 0. The monoisotopic (exact) mass is 343 g/mol. The first-order chi connectivity index (χ1) is 10.9. The molecular formula is C16H25NO7. The quantitative estimate of drug-likeness (QED) is 0.615. The van der Waals surface area contributed by atoms with Crippen molar-refractivity contribution in [3.63, 3.8) is 0 Å². The van der Waals surface area contributed by atoms with E-state index < -0.39 is 35.5 Å². The summed E-state index contributed by atoms with van der Waals surface area (Å²) in [6, 6.07) is -1.39. The maximum Gasteiger partial charge on any atom is 0.408 e. The molecule has 1 atom stereocenters. The third kappa shape index (κ3) is 5.43. The van der Waals surface area contributed by atoms with Crippen LogP contribution in [0.1, 0.15) is 48.5 Å². The summed E-state index contributed by atoms with van der Waals surface area (Å²) in [4.78, 5) is 36.5. The van der Waals surface area contributed by atoms with Gasteiger partial charge in [0.15, 0.2) is 6.04 Å². The van der Waals surface area contributed by atoms with E-state index in [1.165, 1.54) is 6.92 Å². The Morgan fingerprint density at radius 3 is 2.29 bits per heavy atom. The fourth-order valence-electron chi connectivity index (χ4n) is 2.09. The van der Waals surface area contributed by atoms with E-state index in [0.29, 0.717) is 0 Å². The molecule has 1 aliphatic heterocycles. The molecule has 0 spiro atoms. The summed E-state index contributed by atoms with van der Waals surface area (Å²) in [7, 11) is 0.